The second-order valence-corrected chi connectivity index (χ2v) is 2.35. The van der Waals surface area contributed by atoms with Crippen LogP contribution in [0.15, 0.2) is 0 Å². The van der Waals surface area contributed by atoms with Crippen LogP contribution in [0.3, 0.4) is 0 Å². The molecule has 0 spiro atoms. The monoisotopic (exact) mass is 161 g/mol. The summed E-state index contributed by atoms with van der Waals surface area (Å²) in [6.07, 6.45) is -0.469. The number of nitrogens with one attached hydrogen (secondary N) is 2. The fraction of sp³-hybridized carbons (Fsp3) is 0.833. The Morgan fingerprint density at radius 3 is 2.64 bits per heavy atom. The summed E-state index contributed by atoms with van der Waals surface area (Å²) in [6, 6.07) is 0. The predicted molar refractivity (Wildman–Crippen MR) is 42.1 cm³/mol. The molecular formula is C6H15N3O2. The van der Waals surface area contributed by atoms with Crippen LogP contribution in [0.4, 0.5) is 4.79 Å². The number of hydrogen-bond donors (Lipinski definition) is 2. The van der Waals surface area contributed by atoms with Gasteiger partial charge in [0.1, 0.15) is 0 Å². The molecule has 0 rings (SSSR count). The highest BCUT2D eigenvalue weighted by Gasteiger charge is 1.94. The van der Waals surface area contributed by atoms with Crippen molar-refractivity contribution in [1.29, 1.82) is 0 Å². The first kappa shape index (κ1) is 10.2. The fourth-order valence-electron chi connectivity index (χ4n) is 0.465. The van der Waals surface area contributed by atoms with E-state index in [1.165, 1.54) is 7.11 Å². The highest BCUT2D eigenvalue weighted by atomic mass is 16.5. The molecule has 0 saturated heterocycles. The first-order valence-corrected chi connectivity index (χ1v) is 3.38. The van der Waals surface area contributed by atoms with E-state index in [9.17, 15) is 4.79 Å². The van der Waals surface area contributed by atoms with Gasteiger partial charge in [-0.2, -0.15) is 0 Å². The quantitative estimate of drug-likeness (QED) is 0.427. The molecule has 0 atom stereocenters. The number of hydrogen-bond acceptors (Lipinski definition) is 4. The van der Waals surface area contributed by atoms with Crippen LogP contribution in [0.1, 0.15) is 0 Å². The molecule has 5 heteroatoms. The first-order chi connectivity index (χ1) is 5.16. The Hall–Kier alpha value is -0.810. The molecule has 0 aromatic carbocycles. The molecule has 0 aliphatic rings. The number of ether oxygens (including phenoxy) is 1. The van der Waals surface area contributed by atoms with E-state index in [1.807, 2.05) is 19.0 Å². The predicted octanol–water partition coefficient (Wildman–Crippen LogP) is -0.591. The van der Waals surface area contributed by atoms with Gasteiger partial charge in [0.2, 0.25) is 0 Å². The zero-order valence-electron chi connectivity index (χ0n) is 7.18. The van der Waals surface area contributed by atoms with Crippen LogP contribution in [0.2, 0.25) is 0 Å². The van der Waals surface area contributed by atoms with E-state index in [1.54, 1.807) is 0 Å². The van der Waals surface area contributed by atoms with Gasteiger partial charge in [0, 0.05) is 13.1 Å². The average molecular weight is 161 g/mol. The number of nitrogens with zero attached hydrogens (tertiary/aromatic N) is 1. The SMILES string of the molecule is COC(=O)NNCCN(C)C. The number of carbonyl (C=O) groups excluding carboxylic acids is 1. The van der Waals surface area contributed by atoms with E-state index in [0.717, 1.165) is 6.54 Å². The summed E-state index contributed by atoms with van der Waals surface area (Å²) in [6.45, 7) is 1.56. The summed E-state index contributed by atoms with van der Waals surface area (Å²) in [7, 11) is 5.24. The third-order valence-corrected chi connectivity index (χ3v) is 1.06. The van der Waals surface area contributed by atoms with E-state index in [2.05, 4.69) is 15.6 Å². The van der Waals surface area contributed by atoms with Gasteiger partial charge in [-0.25, -0.2) is 10.2 Å². The van der Waals surface area contributed by atoms with E-state index in [4.69, 9.17) is 0 Å². The van der Waals surface area contributed by atoms with Crippen LogP contribution in [0.5, 0.6) is 0 Å². The van der Waals surface area contributed by atoms with Crippen molar-refractivity contribution in [3.63, 3.8) is 0 Å². The highest BCUT2D eigenvalue weighted by molar-refractivity contribution is 5.66. The second kappa shape index (κ2) is 5.94. The lowest BCUT2D eigenvalue weighted by Gasteiger charge is -2.10. The normalized spacial score (nSPS) is 9.82. The van der Waals surface area contributed by atoms with Crippen LogP contribution in [0, 0.1) is 0 Å². The Morgan fingerprint density at radius 2 is 2.18 bits per heavy atom. The van der Waals surface area contributed by atoms with Gasteiger partial charge >= 0.3 is 6.09 Å². The number of methoxy groups -OCH3 is 1. The minimum atomic E-state index is -0.469. The van der Waals surface area contributed by atoms with Gasteiger partial charge in [-0.05, 0) is 14.1 Å². The molecule has 0 saturated carbocycles. The minimum absolute atomic E-state index is 0.469. The van der Waals surface area contributed by atoms with Crippen molar-refractivity contribution in [2.75, 3.05) is 34.3 Å². The summed E-state index contributed by atoms with van der Waals surface area (Å²) < 4.78 is 4.33. The molecule has 5 nitrogen and oxygen atoms in total. The van der Waals surface area contributed by atoms with Crippen LogP contribution in [-0.2, 0) is 4.74 Å². The number of likely N-dealkylation sites (N-methyl/N-ethyl adjacent to an activating group) is 1. The smallest absolute Gasteiger partial charge is 0.421 e. The van der Waals surface area contributed by atoms with Crippen molar-refractivity contribution in [3.05, 3.63) is 0 Å². The van der Waals surface area contributed by atoms with Crippen molar-refractivity contribution in [3.8, 4) is 0 Å². The number of carbonyl (C=O) groups is 1. The van der Waals surface area contributed by atoms with Gasteiger partial charge in [-0.3, -0.25) is 5.43 Å². The van der Waals surface area contributed by atoms with Crippen LogP contribution < -0.4 is 10.9 Å². The molecule has 0 radical (unpaired) electrons. The Balaban J connectivity index is 3.08. The third kappa shape index (κ3) is 7.08. The Labute approximate surface area is 66.7 Å². The maximum atomic E-state index is 10.4. The van der Waals surface area contributed by atoms with Gasteiger partial charge in [0.15, 0.2) is 0 Å². The number of rotatable bonds is 4. The molecular weight excluding hydrogens is 146 g/mol. The highest BCUT2D eigenvalue weighted by Crippen LogP contribution is 1.69. The van der Waals surface area contributed by atoms with Crippen molar-refractivity contribution >= 4 is 6.09 Å². The van der Waals surface area contributed by atoms with E-state index in [-0.39, 0.29) is 0 Å². The van der Waals surface area contributed by atoms with Gasteiger partial charge in [0.05, 0.1) is 7.11 Å². The topological polar surface area (TPSA) is 53.6 Å². The van der Waals surface area contributed by atoms with Gasteiger partial charge in [-0.15, -0.1) is 0 Å². The molecule has 0 heterocycles. The molecule has 0 aliphatic heterocycles. The van der Waals surface area contributed by atoms with Crippen molar-refractivity contribution in [1.82, 2.24) is 15.8 Å². The molecule has 0 aromatic rings. The molecule has 0 aliphatic carbocycles. The maximum absolute atomic E-state index is 10.4. The molecule has 2 N–H and O–H groups in total. The zero-order valence-corrected chi connectivity index (χ0v) is 7.18. The lowest BCUT2D eigenvalue weighted by molar-refractivity contribution is 0.165. The average Bonchev–Trinajstić information content (AvgIpc) is 1.97. The summed E-state index contributed by atoms with van der Waals surface area (Å²) in [5.41, 5.74) is 5.05. The lowest BCUT2D eigenvalue weighted by Crippen LogP contribution is -2.40. The standard InChI is InChI=1S/C6H15N3O2/c1-9(2)5-4-7-8-6(10)11-3/h7H,4-5H2,1-3H3,(H,8,10). The minimum Gasteiger partial charge on any atom is -0.452 e. The lowest BCUT2D eigenvalue weighted by atomic mass is 10.6. The van der Waals surface area contributed by atoms with Crippen LogP contribution in [-0.4, -0.2) is 45.3 Å². The molecule has 0 fully saturated rings. The van der Waals surface area contributed by atoms with Gasteiger partial charge in [0.25, 0.3) is 0 Å². The van der Waals surface area contributed by atoms with Crippen molar-refractivity contribution < 1.29 is 9.53 Å². The summed E-state index contributed by atoms with van der Waals surface area (Å²) >= 11 is 0. The largest absolute Gasteiger partial charge is 0.452 e. The molecule has 0 aromatic heterocycles. The molecule has 0 unspecified atom stereocenters. The van der Waals surface area contributed by atoms with Gasteiger partial charge < -0.3 is 9.64 Å². The number of amides is 1. The van der Waals surface area contributed by atoms with Crippen LogP contribution in [0.25, 0.3) is 0 Å². The summed E-state index contributed by atoms with van der Waals surface area (Å²) in [5.74, 6) is 0. The van der Waals surface area contributed by atoms with Gasteiger partial charge in [-0.1, -0.05) is 0 Å². The Bertz CT molecular complexity index is 116. The maximum Gasteiger partial charge on any atom is 0.421 e. The molecule has 1 amide bonds. The Morgan fingerprint density at radius 1 is 1.55 bits per heavy atom. The molecule has 0 bridgehead atoms. The Kier molecular flexibility index (Phi) is 5.50. The summed E-state index contributed by atoms with van der Waals surface area (Å²) in [5, 5.41) is 0. The van der Waals surface area contributed by atoms with E-state index in [0.29, 0.717) is 6.54 Å². The zero-order chi connectivity index (χ0) is 8.69. The second-order valence-electron chi connectivity index (χ2n) is 2.35. The van der Waals surface area contributed by atoms with Crippen molar-refractivity contribution in [2.45, 2.75) is 0 Å². The summed E-state index contributed by atoms with van der Waals surface area (Å²) in [4.78, 5) is 12.5. The van der Waals surface area contributed by atoms with Crippen LogP contribution >= 0.6 is 0 Å². The third-order valence-electron chi connectivity index (χ3n) is 1.06. The van der Waals surface area contributed by atoms with E-state index < -0.39 is 6.09 Å². The fourth-order valence-corrected chi connectivity index (χ4v) is 0.465. The van der Waals surface area contributed by atoms with E-state index >= 15 is 0 Å². The number of hydrazine groups is 1. The van der Waals surface area contributed by atoms with Crippen molar-refractivity contribution in [2.24, 2.45) is 0 Å². The molecule has 11 heavy (non-hydrogen) atoms. The first-order valence-electron chi connectivity index (χ1n) is 3.38. The molecule has 66 valence electrons.